The molecule has 0 saturated heterocycles. The predicted octanol–water partition coefficient (Wildman–Crippen LogP) is 2.55. The number of aliphatic carboxylic acids is 1. The van der Waals surface area contributed by atoms with E-state index >= 15 is 0 Å². The van der Waals surface area contributed by atoms with Gasteiger partial charge in [0.15, 0.2) is 0 Å². The first-order valence-electron chi connectivity index (χ1n) is 6.10. The largest absolute Gasteiger partial charge is 0.480 e. The summed E-state index contributed by atoms with van der Waals surface area (Å²) in [5.41, 5.74) is -1.99. The van der Waals surface area contributed by atoms with Crippen molar-refractivity contribution in [1.29, 1.82) is 0 Å². The van der Waals surface area contributed by atoms with Crippen LogP contribution in [0.3, 0.4) is 0 Å². The van der Waals surface area contributed by atoms with E-state index in [1.165, 1.54) is 0 Å². The number of fused-ring (bicyclic) bond motifs is 1. The number of alkyl halides is 2. The fourth-order valence-corrected chi connectivity index (χ4v) is 3.47. The molecule has 1 amide bonds. The van der Waals surface area contributed by atoms with E-state index in [0.717, 1.165) is 0 Å². The number of carboxylic acids is 1. The third kappa shape index (κ3) is 2.63. The summed E-state index contributed by atoms with van der Waals surface area (Å²) in [6, 6.07) is 0. The van der Waals surface area contributed by atoms with Crippen molar-refractivity contribution in [1.82, 2.24) is 5.32 Å². The number of alkyl carbamates (subject to hydrolysis) is 1. The third-order valence-corrected chi connectivity index (χ3v) is 4.77. The minimum atomic E-state index is -1.31. The van der Waals surface area contributed by atoms with E-state index in [4.69, 9.17) is 27.9 Å². The Bertz CT molecular complexity index is 416. The van der Waals surface area contributed by atoms with Crippen molar-refractivity contribution >= 4 is 35.3 Å². The Hall–Kier alpha value is -0.680. The molecule has 2 saturated carbocycles. The van der Waals surface area contributed by atoms with Crippen LogP contribution in [0, 0.1) is 11.8 Å². The van der Waals surface area contributed by atoms with Crippen LogP contribution in [0.5, 0.6) is 0 Å². The molecule has 2 aliphatic rings. The summed E-state index contributed by atoms with van der Waals surface area (Å²) >= 11 is 12.0. The van der Waals surface area contributed by atoms with Gasteiger partial charge in [-0.05, 0) is 33.6 Å². The predicted molar refractivity (Wildman–Crippen MR) is 70.4 cm³/mol. The van der Waals surface area contributed by atoms with Gasteiger partial charge < -0.3 is 15.2 Å². The smallest absolute Gasteiger partial charge is 0.408 e. The molecule has 2 aliphatic carbocycles. The van der Waals surface area contributed by atoms with Gasteiger partial charge in [0.1, 0.15) is 15.5 Å². The first-order valence-corrected chi connectivity index (χ1v) is 6.86. The molecule has 0 radical (unpaired) electrons. The van der Waals surface area contributed by atoms with Gasteiger partial charge in [-0.25, -0.2) is 9.59 Å². The van der Waals surface area contributed by atoms with Crippen molar-refractivity contribution in [2.75, 3.05) is 0 Å². The number of halogens is 2. The lowest BCUT2D eigenvalue weighted by atomic mass is 9.93. The van der Waals surface area contributed by atoms with Crippen LogP contribution in [0.2, 0.25) is 0 Å². The summed E-state index contributed by atoms with van der Waals surface area (Å²) in [7, 11) is 0. The zero-order valence-electron chi connectivity index (χ0n) is 11.0. The lowest BCUT2D eigenvalue weighted by Gasteiger charge is -2.30. The van der Waals surface area contributed by atoms with Gasteiger partial charge in [-0.2, -0.15) is 0 Å². The van der Waals surface area contributed by atoms with Crippen LogP contribution in [-0.2, 0) is 9.53 Å². The minimum Gasteiger partial charge on any atom is -0.480 e. The maximum Gasteiger partial charge on any atom is 0.408 e. The number of nitrogens with one attached hydrogen (secondary N) is 1. The second-order valence-electron chi connectivity index (χ2n) is 6.31. The molecule has 0 spiro atoms. The molecule has 0 aromatic carbocycles. The molecular weight excluding hydrogens is 293 g/mol. The van der Waals surface area contributed by atoms with Crippen molar-refractivity contribution in [3.05, 3.63) is 0 Å². The fourth-order valence-electron chi connectivity index (χ4n) is 2.68. The first-order chi connectivity index (χ1) is 8.48. The van der Waals surface area contributed by atoms with Gasteiger partial charge in [0.2, 0.25) is 0 Å². The van der Waals surface area contributed by atoms with E-state index in [-0.39, 0.29) is 24.7 Å². The van der Waals surface area contributed by atoms with Gasteiger partial charge in [-0.3, -0.25) is 0 Å². The van der Waals surface area contributed by atoms with Crippen LogP contribution in [0.15, 0.2) is 0 Å². The number of amides is 1. The van der Waals surface area contributed by atoms with Crippen molar-refractivity contribution < 1.29 is 19.4 Å². The second kappa shape index (κ2) is 4.16. The number of carbonyl (C=O) groups excluding carboxylic acids is 1. The van der Waals surface area contributed by atoms with Gasteiger partial charge >= 0.3 is 12.1 Å². The molecule has 108 valence electrons. The van der Waals surface area contributed by atoms with Gasteiger partial charge in [-0.15, -0.1) is 23.2 Å². The molecule has 0 aromatic heterocycles. The highest BCUT2D eigenvalue weighted by Gasteiger charge is 2.73. The number of ether oxygens (including phenoxy) is 1. The monoisotopic (exact) mass is 309 g/mol. The number of hydrogen-bond acceptors (Lipinski definition) is 3. The van der Waals surface area contributed by atoms with Gasteiger partial charge in [0, 0.05) is 11.8 Å². The van der Waals surface area contributed by atoms with Gasteiger partial charge in [0.05, 0.1) is 0 Å². The van der Waals surface area contributed by atoms with Crippen molar-refractivity contribution in [3.63, 3.8) is 0 Å². The third-order valence-electron chi connectivity index (χ3n) is 3.65. The summed E-state index contributed by atoms with van der Waals surface area (Å²) < 4.78 is 4.26. The highest BCUT2D eigenvalue weighted by Crippen LogP contribution is 2.69. The van der Waals surface area contributed by atoms with Crippen LogP contribution >= 0.6 is 23.2 Å². The van der Waals surface area contributed by atoms with Crippen molar-refractivity contribution in [3.8, 4) is 0 Å². The lowest BCUT2D eigenvalue weighted by molar-refractivity contribution is -0.145. The normalized spacial score (nSPS) is 30.4. The lowest BCUT2D eigenvalue weighted by Crippen LogP contribution is -2.55. The Morgan fingerprint density at radius 2 is 1.74 bits per heavy atom. The summed E-state index contributed by atoms with van der Waals surface area (Å²) in [6.45, 7) is 5.15. The molecule has 19 heavy (non-hydrogen) atoms. The van der Waals surface area contributed by atoms with E-state index < -0.39 is 27.5 Å². The van der Waals surface area contributed by atoms with Crippen LogP contribution in [0.1, 0.15) is 33.6 Å². The van der Waals surface area contributed by atoms with Crippen LogP contribution in [0.25, 0.3) is 0 Å². The molecule has 2 rings (SSSR count). The van der Waals surface area contributed by atoms with Crippen LogP contribution < -0.4 is 5.32 Å². The zero-order valence-corrected chi connectivity index (χ0v) is 12.5. The average molecular weight is 310 g/mol. The molecule has 2 N–H and O–H groups in total. The van der Waals surface area contributed by atoms with Crippen molar-refractivity contribution in [2.45, 2.75) is 49.1 Å². The number of rotatable bonds is 2. The summed E-state index contributed by atoms with van der Waals surface area (Å²) in [5.74, 6) is -1.24. The topological polar surface area (TPSA) is 75.6 Å². The van der Waals surface area contributed by atoms with E-state index in [1.54, 1.807) is 20.8 Å². The summed E-state index contributed by atoms with van der Waals surface area (Å²) in [4.78, 5) is 23.2. The second-order valence-corrected chi connectivity index (χ2v) is 7.75. The fraction of sp³-hybridized carbons (Fsp3) is 0.833. The van der Waals surface area contributed by atoms with E-state index in [1.807, 2.05) is 0 Å². The number of carboxylic acid groups (broad SMARTS) is 1. The zero-order chi connectivity index (χ0) is 14.6. The molecular formula is C12H17Cl2NO4. The Balaban J connectivity index is 2.04. The van der Waals surface area contributed by atoms with Crippen LogP contribution in [-0.4, -0.2) is 32.6 Å². The molecule has 2 fully saturated rings. The summed E-state index contributed by atoms with van der Waals surface area (Å²) in [6.07, 6.45) is -0.260. The molecule has 0 bridgehead atoms. The van der Waals surface area contributed by atoms with Gasteiger partial charge in [-0.1, -0.05) is 0 Å². The molecule has 2 atom stereocenters. The maximum absolute atomic E-state index is 11.7. The van der Waals surface area contributed by atoms with E-state index in [0.29, 0.717) is 0 Å². The molecule has 7 heteroatoms. The Morgan fingerprint density at radius 1 is 1.26 bits per heavy atom. The van der Waals surface area contributed by atoms with E-state index in [9.17, 15) is 14.7 Å². The molecule has 0 aliphatic heterocycles. The Kier molecular flexibility index (Phi) is 3.22. The molecule has 0 heterocycles. The SMILES string of the molecule is CC(C)(C)OC(=O)NC1(C(=O)O)C[C@@H]2[C@@H](C1)C2(Cl)Cl. The Labute approximate surface area is 121 Å². The summed E-state index contributed by atoms with van der Waals surface area (Å²) in [5, 5.41) is 11.8. The van der Waals surface area contributed by atoms with Crippen molar-refractivity contribution in [2.24, 2.45) is 11.8 Å². The Morgan fingerprint density at radius 3 is 2.11 bits per heavy atom. The minimum absolute atomic E-state index is 0.0816. The molecule has 0 aromatic rings. The first kappa shape index (κ1) is 14.7. The van der Waals surface area contributed by atoms with Crippen LogP contribution in [0.4, 0.5) is 4.79 Å². The quantitative estimate of drug-likeness (QED) is 0.769. The number of carbonyl (C=O) groups is 2. The molecule has 5 nitrogen and oxygen atoms in total. The average Bonchev–Trinajstić information content (AvgIpc) is 2.58. The van der Waals surface area contributed by atoms with E-state index in [2.05, 4.69) is 5.32 Å². The standard InChI is InChI=1S/C12H17Cl2NO4/c1-10(2,3)19-9(18)15-11(8(16)17)4-6-7(5-11)12(6,13)14/h6-7H,4-5H2,1-3H3,(H,15,18)(H,16,17)/t6-,7-/m1/s1. The maximum atomic E-state index is 11.7. The highest BCUT2D eigenvalue weighted by molar-refractivity contribution is 6.51. The number of hydrogen-bond donors (Lipinski definition) is 2. The highest BCUT2D eigenvalue weighted by atomic mass is 35.5. The van der Waals surface area contributed by atoms with Gasteiger partial charge in [0.25, 0.3) is 0 Å². The molecule has 0 unspecified atom stereocenters.